The molecule has 0 aliphatic rings. The number of nitrogens with two attached hydrogens (primary N) is 1. The van der Waals surface area contributed by atoms with Crippen LogP contribution in [0.5, 0.6) is 0 Å². The summed E-state index contributed by atoms with van der Waals surface area (Å²) >= 11 is 0. The number of carbonyl (C=O) groups is 2. The number of carbonyl (C=O) groups excluding carboxylic acids is 2. The van der Waals surface area contributed by atoms with Crippen molar-refractivity contribution < 1.29 is 9.59 Å². The van der Waals surface area contributed by atoms with E-state index in [-0.39, 0.29) is 17.9 Å². The van der Waals surface area contributed by atoms with Gasteiger partial charge in [0.1, 0.15) is 0 Å². The van der Waals surface area contributed by atoms with Crippen LogP contribution in [0, 0.1) is 5.92 Å². The number of hydrogen-bond acceptors (Lipinski definition) is 2. The minimum atomic E-state index is -0.632. The van der Waals surface area contributed by atoms with E-state index in [4.69, 9.17) is 5.73 Å². The predicted octanol–water partition coefficient (Wildman–Crippen LogP) is 4.43. The predicted molar refractivity (Wildman–Crippen MR) is 105 cm³/mol. The van der Waals surface area contributed by atoms with Crippen LogP contribution in [0.4, 0.5) is 10.5 Å². The second-order valence-electron chi connectivity index (χ2n) is 7.08. The molecule has 0 aromatic heterocycles. The topological polar surface area (TPSA) is 84.2 Å². The van der Waals surface area contributed by atoms with Crippen LogP contribution in [0.2, 0.25) is 0 Å². The lowest BCUT2D eigenvalue weighted by Crippen LogP contribution is -2.31. The Morgan fingerprint density at radius 3 is 1.85 bits per heavy atom. The summed E-state index contributed by atoms with van der Waals surface area (Å²) in [6.45, 7) is 8.49. The molecule has 26 heavy (non-hydrogen) atoms. The van der Waals surface area contributed by atoms with Crippen molar-refractivity contribution in [1.29, 1.82) is 0 Å². The zero-order chi connectivity index (χ0) is 19.3. The molecule has 0 heterocycles. The molecule has 2 aromatic carbocycles. The fraction of sp³-hybridized carbons (Fsp3) is 0.333. The molecule has 0 bridgehead atoms. The van der Waals surface area contributed by atoms with Gasteiger partial charge < -0.3 is 16.4 Å². The van der Waals surface area contributed by atoms with Gasteiger partial charge in [-0.25, -0.2) is 4.79 Å². The Balaban J connectivity index is 2.13. The highest BCUT2D eigenvalue weighted by atomic mass is 16.2. The maximum atomic E-state index is 12.6. The van der Waals surface area contributed by atoms with E-state index in [2.05, 4.69) is 62.6 Å². The van der Waals surface area contributed by atoms with Crippen LogP contribution >= 0.6 is 0 Å². The first-order chi connectivity index (χ1) is 12.3. The Bertz CT molecular complexity index is 750. The molecule has 2 rings (SSSR count). The number of amides is 3. The fourth-order valence-electron chi connectivity index (χ4n) is 2.79. The van der Waals surface area contributed by atoms with Crippen LogP contribution in [-0.2, 0) is 0 Å². The highest BCUT2D eigenvalue weighted by molar-refractivity contribution is 5.95. The summed E-state index contributed by atoms with van der Waals surface area (Å²) in [4.78, 5) is 23.5. The summed E-state index contributed by atoms with van der Waals surface area (Å²) in [5.41, 5.74) is 8.54. The molecular weight excluding hydrogens is 326 g/mol. The average molecular weight is 353 g/mol. The molecule has 0 aliphatic heterocycles. The number of anilines is 1. The van der Waals surface area contributed by atoms with E-state index in [0.29, 0.717) is 17.2 Å². The Morgan fingerprint density at radius 2 is 1.38 bits per heavy atom. The van der Waals surface area contributed by atoms with Crippen LogP contribution in [0.3, 0.4) is 0 Å². The minimum absolute atomic E-state index is 0.0767. The van der Waals surface area contributed by atoms with Gasteiger partial charge >= 0.3 is 6.03 Å². The van der Waals surface area contributed by atoms with Crippen LogP contribution in [0.1, 0.15) is 61.1 Å². The number of primary amides is 1. The van der Waals surface area contributed by atoms with Crippen molar-refractivity contribution in [2.75, 3.05) is 5.32 Å². The van der Waals surface area contributed by atoms with E-state index in [1.165, 1.54) is 5.56 Å². The highest BCUT2D eigenvalue weighted by Gasteiger charge is 2.19. The monoisotopic (exact) mass is 353 g/mol. The molecule has 0 fully saturated rings. The molecule has 4 N–H and O–H groups in total. The maximum Gasteiger partial charge on any atom is 0.316 e. The van der Waals surface area contributed by atoms with Gasteiger partial charge in [0.25, 0.3) is 5.91 Å². The Morgan fingerprint density at radius 1 is 0.846 bits per heavy atom. The molecule has 2 aromatic rings. The van der Waals surface area contributed by atoms with Gasteiger partial charge in [-0.15, -0.1) is 0 Å². The zero-order valence-corrected chi connectivity index (χ0v) is 15.7. The Hall–Kier alpha value is -2.82. The normalized spacial score (nSPS) is 12.1. The van der Waals surface area contributed by atoms with E-state index in [9.17, 15) is 9.59 Å². The lowest BCUT2D eigenvalue weighted by Gasteiger charge is -2.23. The van der Waals surface area contributed by atoms with Crippen LogP contribution in [0.25, 0.3) is 0 Å². The van der Waals surface area contributed by atoms with Gasteiger partial charge in [-0.3, -0.25) is 4.79 Å². The summed E-state index contributed by atoms with van der Waals surface area (Å²) < 4.78 is 0. The molecule has 5 heteroatoms. The van der Waals surface area contributed by atoms with Gasteiger partial charge in [0.15, 0.2) is 0 Å². The lowest BCUT2D eigenvalue weighted by molar-refractivity contribution is 0.0925. The van der Waals surface area contributed by atoms with Gasteiger partial charge in [0, 0.05) is 11.3 Å². The SMILES string of the molecule is CC(C)c1ccc(C(NC(=O)c2ccc(NC(N)=O)cc2)C(C)C)cc1. The van der Waals surface area contributed by atoms with Gasteiger partial charge in [0.2, 0.25) is 0 Å². The first-order valence-electron chi connectivity index (χ1n) is 8.85. The summed E-state index contributed by atoms with van der Waals surface area (Å²) in [6.07, 6.45) is 0. The Labute approximate surface area is 155 Å². The highest BCUT2D eigenvalue weighted by Crippen LogP contribution is 2.24. The molecule has 0 spiro atoms. The lowest BCUT2D eigenvalue weighted by atomic mass is 9.93. The standard InChI is InChI=1S/C21H27N3O2/c1-13(2)15-5-7-16(8-6-15)19(14(3)4)24-20(25)17-9-11-18(12-10-17)23-21(22)26/h5-14,19H,1-4H3,(H,24,25)(H3,22,23,26). The third kappa shape index (κ3) is 5.09. The molecular formula is C21H27N3O2. The number of hydrogen-bond donors (Lipinski definition) is 3. The van der Waals surface area contributed by atoms with Crippen molar-refractivity contribution in [2.45, 2.75) is 39.7 Å². The largest absolute Gasteiger partial charge is 0.351 e. The van der Waals surface area contributed by atoms with Crippen LogP contribution in [-0.4, -0.2) is 11.9 Å². The first-order valence-corrected chi connectivity index (χ1v) is 8.85. The van der Waals surface area contributed by atoms with Crippen molar-refractivity contribution in [3.8, 4) is 0 Å². The fourth-order valence-corrected chi connectivity index (χ4v) is 2.79. The van der Waals surface area contributed by atoms with Crippen molar-refractivity contribution in [3.05, 3.63) is 65.2 Å². The molecule has 138 valence electrons. The number of urea groups is 1. The quantitative estimate of drug-likeness (QED) is 0.718. The van der Waals surface area contributed by atoms with Crippen LogP contribution < -0.4 is 16.4 Å². The molecule has 1 atom stereocenters. The molecule has 3 amide bonds. The van der Waals surface area contributed by atoms with E-state index < -0.39 is 6.03 Å². The molecule has 5 nitrogen and oxygen atoms in total. The van der Waals surface area contributed by atoms with Gasteiger partial charge in [-0.05, 0) is 47.2 Å². The van der Waals surface area contributed by atoms with Crippen molar-refractivity contribution in [2.24, 2.45) is 11.7 Å². The average Bonchev–Trinajstić information content (AvgIpc) is 2.59. The van der Waals surface area contributed by atoms with E-state index in [1.54, 1.807) is 24.3 Å². The molecule has 0 saturated carbocycles. The summed E-state index contributed by atoms with van der Waals surface area (Å²) in [6, 6.07) is 14.3. The smallest absolute Gasteiger partial charge is 0.316 e. The molecule has 1 unspecified atom stereocenters. The maximum absolute atomic E-state index is 12.6. The van der Waals surface area contributed by atoms with Gasteiger partial charge in [-0.2, -0.15) is 0 Å². The summed E-state index contributed by atoms with van der Waals surface area (Å²) in [5.74, 6) is 0.575. The van der Waals surface area contributed by atoms with E-state index >= 15 is 0 Å². The van der Waals surface area contributed by atoms with Crippen molar-refractivity contribution in [3.63, 3.8) is 0 Å². The van der Waals surface area contributed by atoms with Crippen molar-refractivity contribution >= 4 is 17.6 Å². The van der Waals surface area contributed by atoms with E-state index in [0.717, 1.165) is 5.56 Å². The molecule has 0 radical (unpaired) electrons. The van der Waals surface area contributed by atoms with Crippen LogP contribution in [0.15, 0.2) is 48.5 Å². The first kappa shape index (κ1) is 19.5. The Kier molecular flexibility index (Phi) is 6.39. The third-order valence-electron chi connectivity index (χ3n) is 4.33. The van der Waals surface area contributed by atoms with Gasteiger partial charge in [0.05, 0.1) is 6.04 Å². The minimum Gasteiger partial charge on any atom is -0.351 e. The van der Waals surface area contributed by atoms with Crippen molar-refractivity contribution in [1.82, 2.24) is 5.32 Å². The number of benzene rings is 2. The summed E-state index contributed by atoms with van der Waals surface area (Å²) in [5, 5.41) is 5.58. The van der Waals surface area contributed by atoms with E-state index in [1.807, 2.05) is 0 Å². The second kappa shape index (κ2) is 8.52. The third-order valence-corrected chi connectivity index (χ3v) is 4.33. The number of rotatable bonds is 6. The van der Waals surface area contributed by atoms with Gasteiger partial charge in [-0.1, -0.05) is 52.0 Å². The second-order valence-corrected chi connectivity index (χ2v) is 7.08. The molecule has 0 saturated heterocycles. The molecule has 0 aliphatic carbocycles. The summed E-state index contributed by atoms with van der Waals surface area (Å²) in [7, 11) is 0. The number of nitrogens with one attached hydrogen (secondary N) is 2. The zero-order valence-electron chi connectivity index (χ0n) is 15.7.